The van der Waals surface area contributed by atoms with Gasteiger partial charge in [-0.2, -0.15) is 5.10 Å². The number of hydrogen-bond acceptors (Lipinski definition) is 6. The van der Waals surface area contributed by atoms with Gasteiger partial charge in [0.15, 0.2) is 6.29 Å². The van der Waals surface area contributed by atoms with Crippen LogP contribution in [0.4, 0.5) is 0 Å². The highest BCUT2D eigenvalue weighted by Gasteiger charge is 2.14. The van der Waals surface area contributed by atoms with E-state index in [2.05, 4.69) is 38.7 Å². The van der Waals surface area contributed by atoms with Crippen LogP contribution >= 0.6 is 11.8 Å². The number of pyridine rings is 1. The van der Waals surface area contributed by atoms with E-state index in [-0.39, 0.29) is 12.2 Å². The van der Waals surface area contributed by atoms with Gasteiger partial charge in [-0.1, -0.05) is 30.0 Å². The first-order valence-corrected chi connectivity index (χ1v) is 13.3. The molecular formula is C29H32N4O3S. The summed E-state index contributed by atoms with van der Waals surface area (Å²) in [5.41, 5.74) is 3.32. The fraction of sp³-hybridized carbons (Fsp3) is 0.276. The van der Waals surface area contributed by atoms with E-state index in [0.29, 0.717) is 25.3 Å². The minimum atomic E-state index is -0.224. The Bertz CT molecular complexity index is 1320. The molecule has 0 bridgehead atoms. The summed E-state index contributed by atoms with van der Waals surface area (Å²) in [6.07, 6.45) is 6.96. The number of H-pyrrole nitrogens is 1. The van der Waals surface area contributed by atoms with Crippen molar-refractivity contribution in [3.05, 3.63) is 83.8 Å². The molecule has 1 amide bonds. The van der Waals surface area contributed by atoms with Gasteiger partial charge in [0, 0.05) is 47.6 Å². The van der Waals surface area contributed by atoms with Gasteiger partial charge in [0.25, 0.3) is 5.91 Å². The topological polar surface area (TPSA) is 89.1 Å². The summed E-state index contributed by atoms with van der Waals surface area (Å²) in [6, 6.07) is 19.6. The molecule has 2 heterocycles. The Morgan fingerprint density at radius 3 is 2.65 bits per heavy atom. The van der Waals surface area contributed by atoms with Gasteiger partial charge in [-0.25, -0.2) is 0 Å². The predicted octanol–water partition coefficient (Wildman–Crippen LogP) is 6.19. The normalized spacial score (nSPS) is 11.5. The number of nitrogens with one attached hydrogen (secondary N) is 2. The van der Waals surface area contributed by atoms with Crippen LogP contribution in [0.1, 0.15) is 48.4 Å². The highest BCUT2D eigenvalue weighted by molar-refractivity contribution is 7.99. The SMILES string of the molecule is CCOC(CCCNC(=O)c1ccccc1Sc1ccc2c(/C=C/c3ccccn3)n[nH]c2c1)OCC. The summed E-state index contributed by atoms with van der Waals surface area (Å²) in [7, 11) is 0. The zero-order valence-electron chi connectivity index (χ0n) is 21.1. The lowest BCUT2D eigenvalue weighted by Crippen LogP contribution is -2.26. The van der Waals surface area contributed by atoms with Crippen molar-refractivity contribution >= 4 is 40.7 Å². The Hall–Kier alpha value is -3.46. The van der Waals surface area contributed by atoms with Crippen molar-refractivity contribution < 1.29 is 14.3 Å². The molecule has 2 aromatic heterocycles. The second kappa shape index (κ2) is 13.7. The number of carbonyl (C=O) groups is 1. The number of fused-ring (bicyclic) bond motifs is 1. The maximum atomic E-state index is 12.9. The number of nitrogens with zero attached hydrogens (tertiary/aromatic N) is 2. The first-order valence-electron chi connectivity index (χ1n) is 12.5. The van der Waals surface area contributed by atoms with Crippen LogP contribution in [0.2, 0.25) is 0 Å². The largest absolute Gasteiger partial charge is 0.353 e. The third-order valence-electron chi connectivity index (χ3n) is 5.63. The molecule has 8 heteroatoms. The summed E-state index contributed by atoms with van der Waals surface area (Å²) in [5, 5.41) is 11.6. The van der Waals surface area contributed by atoms with Crippen LogP contribution in [-0.2, 0) is 9.47 Å². The molecule has 2 aromatic carbocycles. The number of amides is 1. The molecular weight excluding hydrogens is 484 g/mol. The predicted molar refractivity (Wildman–Crippen MR) is 148 cm³/mol. The molecule has 0 aliphatic heterocycles. The number of benzene rings is 2. The van der Waals surface area contributed by atoms with Gasteiger partial charge in [-0.15, -0.1) is 0 Å². The quantitative estimate of drug-likeness (QED) is 0.163. The van der Waals surface area contributed by atoms with Gasteiger partial charge in [0.05, 0.1) is 22.5 Å². The zero-order valence-corrected chi connectivity index (χ0v) is 22.0. The summed E-state index contributed by atoms with van der Waals surface area (Å²) < 4.78 is 11.1. The van der Waals surface area contributed by atoms with Crippen molar-refractivity contribution in [2.75, 3.05) is 19.8 Å². The second-order valence-electron chi connectivity index (χ2n) is 8.24. The summed E-state index contributed by atoms with van der Waals surface area (Å²) in [6.45, 7) is 5.67. The molecule has 0 saturated heterocycles. The molecule has 0 atom stereocenters. The number of rotatable bonds is 13. The summed E-state index contributed by atoms with van der Waals surface area (Å²) >= 11 is 1.56. The Kier molecular flexibility index (Phi) is 9.88. The third kappa shape index (κ3) is 7.52. The van der Waals surface area contributed by atoms with Crippen LogP contribution in [0, 0.1) is 0 Å². The number of aromatic amines is 1. The highest BCUT2D eigenvalue weighted by atomic mass is 32.2. The maximum Gasteiger partial charge on any atom is 0.252 e. The molecule has 0 radical (unpaired) electrons. The lowest BCUT2D eigenvalue weighted by Gasteiger charge is -2.17. The monoisotopic (exact) mass is 516 g/mol. The molecule has 7 nitrogen and oxygen atoms in total. The van der Waals surface area contributed by atoms with Gasteiger partial charge in [-0.05, 0) is 74.9 Å². The van der Waals surface area contributed by atoms with Crippen molar-refractivity contribution in [3.8, 4) is 0 Å². The molecule has 192 valence electrons. The minimum absolute atomic E-state index is 0.0861. The number of carbonyl (C=O) groups excluding carboxylic acids is 1. The van der Waals surface area contributed by atoms with Crippen molar-refractivity contribution in [1.29, 1.82) is 0 Å². The van der Waals surface area contributed by atoms with Gasteiger partial charge in [0.2, 0.25) is 0 Å². The van der Waals surface area contributed by atoms with Crippen LogP contribution in [0.15, 0.2) is 76.7 Å². The van der Waals surface area contributed by atoms with Crippen LogP contribution < -0.4 is 5.32 Å². The minimum Gasteiger partial charge on any atom is -0.353 e. The standard InChI is InChI=1S/C29H32N4O3S/c1-3-35-28(36-4-2)13-9-19-31-29(34)24-11-5-6-12-27(24)37-22-15-16-23-25(32-33-26(23)20-22)17-14-21-10-7-8-18-30-21/h5-8,10-12,14-18,20,28H,3-4,9,13,19H2,1-2H3,(H,31,34)(H,32,33)/b17-14+. The number of aromatic nitrogens is 3. The third-order valence-corrected chi connectivity index (χ3v) is 6.70. The fourth-order valence-corrected chi connectivity index (χ4v) is 4.86. The molecule has 0 fully saturated rings. The van der Waals surface area contributed by atoms with E-state index >= 15 is 0 Å². The van der Waals surface area contributed by atoms with E-state index in [1.807, 2.05) is 68.5 Å². The first kappa shape index (κ1) is 26.6. The average molecular weight is 517 g/mol. The van der Waals surface area contributed by atoms with Crippen molar-refractivity contribution in [3.63, 3.8) is 0 Å². The molecule has 0 aliphatic carbocycles. The highest BCUT2D eigenvalue weighted by Crippen LogP contribution is 2.33. The van der Waals surface area contributed by atoms with E-state index in [1.54, 1.807) is 18.0 Å². The Balaban J connectivity index is 1.39. The molecule has 2 N–H and O–H groups in total. The fourth-order valence-electron chi connectivity index (χ4n) is 3.87. The van der Waals surface area contributed by atoms with E-state index < -0.39 is 0 Å². The van der Waals surface area contributed by atoms with Crippen molar-refractivity contribution in [1.82, 2.24) is 20.5 Å². The summed E-state index contributed by atoms with van der Waals surface area (Å²) in [4.78, 5) is 19.2. The maximum absolute atomic E-state index is 12.9. The molecule has 4 rings (SSSR count). The van der Waals surface area contributed by atoms with Crippen molar-refractivity contribution in [2.45, 2.75) is 42.8 Å². The van der Waals surface area contributed by atoms with Crippen LogP contribution in [-0.4, -0.2) is 47.1 Å². The smallest absolute Gasteiger partial charge is 0.252 e. The molecule has 37 heavy (non-hydrogen) atoms. The molecule has 4 aromatic rings. The number of ether oxygens (including phenoxy) is 2. The van der Waals surface area contributed by atoms with E-state index in [4.69, 9.17) is 9.47 Å². The second-order valence-corrected chi connectivity index (χ2v) is 9.36. The van der Waals surface area contributed by atoms with Crippen LogP contribution in [0.25, 0.3) is 23.1 Å². The summed E-state index contributed by atoms with van der Waals surface area (Å²) in [5.74, 6) is -0.0861. The van der Waals surface area contributed by atoms with Gasteiger partial charge >= 0.3 is 0 Å². The zero-order chi connectivity index (χ0) is 25.9. The molecule has 0 spiro atoms. The van der Waals surface area contributed by atoms with E-state index in [1.165, 1.54) is 0 Å². The molecule has 0 aliphatic rings. The lowest BCUT2D eigenvalue weighted by molar-refractivity contribution is -0.139. The first-order chi connectivity index (χ1) is 18.2. The van der Waals surface area contributed by atoms with Crippen molar-refractivity contribution in [2.24, 2.45) is 0 Å². The lowest BCUT2D eigenvalue weighted by atomic mass is 10.2. The molecule has 0 saturated carbocycles. The van der Waals surface area contributed by atoms with E-state index in [0.717, 1.165) is 44.9 Å². The van der Waals surface area contributed by atoms with Gasteiger partial charge in [0.1, 0.15) is 0 Å². The van der Waals surface area contributed by atoms with Gasteiger partial charge in [-0.3, -0.25) is 14.9 Å². The van der Waals surface area contributed by atoms with Crippen LogP contribution in [0.5, 0.6) is 0 Å². The Morgan fingerprint density at radius 2 is 1.86 bits per heavy atom. The van der Waals surface area contributed by atoms with E-state index in [9.17, 15) is 4.79 Å². The number of hydrogen-bond donors (Lipinski definition) is 2. The Labute approximate surface area is 221 Å². The molecule has 0 unspecified atom stereocenters. The van der Waals surface area contributed by atoms with Crippen LogP contribution in [0.3, 0.4) is 0 Å². The Morgan fingerprint density at radius 1 is 1.05 bits per heavy atom. The van der Waals surface area contributed by atoms with Gasteiger partial charge < -0.3 is 14.8 Å². The average Bonchev–Trinajstić information content (AvgIpc) is 3.33.